The molecule has 4 nitrogen and oxygen atoms in total. The van der Waals surface area contributed by atoms with E-state index in [0.29, 0.717) is 12.3 Å². The van der Waals surface area contributed by atoms with Gasteiger partial charge in [-0.15, -0.1) is 0 Å². The summed E-state index contributed by atoms with van der Waals surface area (Å²) in [5.74, 6) is 0.390. The van der Waals surface area contributed by atoms with Crippen LogP contribution in [0.1, 0.15) is 18.4 Å². The second kappa shape index (κ2) is 8.32. The summed E-state index contributed by atoms with van der Waals surface area (Å²) in [6, 6.07) is 5.10. The molecule has 5 heteroatoms. The zero-order valence-electron chi connectivity index (χ0n) is 12.9. The maximum absolute atomic E-state index is 13.9. The highest BCUT2D eigenvalue weighted by atomic mass is 19.1. The molecule has 0 radical (unpaired) electrons. The highest BCUT2D eigenvalue weighted by Crippen LogP contribution is 2.18. The molecule has 118 valence electrons. The lowest BCUT2D eigenvalue weighted by molar-refractivity contribution is 0.125. The normalized spacial score (nSPS) is 17.1. The summed E-state index contributed by atoms with van der Waals surface area (Å²) < 4.78 is 19.0. The van der Waals surface area contributed by atoms with Crippen molar-refractivity contribution in [3.05, 3.63) is 29.6 Å². The number of nitrogens with zero attached hydrogens (tertiary/aromatic N) is 2. The molecule has 0 amide bonds. The van der Waals surface area contributed by atoms with Gasteiger partial charge in [0.05, 0.1) is 7.11 Å². The van der Waals surface area contributed by atoms with Gasteiger partial charge in [0.15, 0.2) is 0 Å². The van der Waals surface area contributed by atoms with E-state index in [1.807, 2.05) is 12.1 Å². The van der Waals surface area contributed by atoms with E-state index in [4.69, 9.17) is 10.5 Å². The summed E-state index contributed by atoms with van der Waals surface area (Å²) in [5.41, 5.74) is 6.26. The fourth-order valence-corrected chi connectivity index (χ4v) is 2.67. The first-order chi connectivity index (χ1) is 10.2. The van der Waals surface area contributed by atoms with Crippen molar-refractivity contribution in [2.45, 2.75) is 19.4 Å². The Hall–Kier alpha value is -1.17. The molecule has 1 aromatic rings. The fourth-order valence-electron chi connectivity index (χ4n) is 2.67. The minimum absolute atomic E-state index is 0.181. The van der Waals surface area contributed by atoms with Crippen LogP contribution in [0, 0.1) is 5.82 Å². The molecule has 1 aromatic carbocycles. The van der Waals surface area contributed by atoms with Gasteiger partial charge in [-0.2, -0.15) is 0 Å². The van der Waals surface area contributed by atoms with Crippen LogP contribution in [-0.2, 0) is 6.54 Å². The lowest BCUT2D eigenvalue weighted by atomic mass is 10.1. The maximum Gasteiger partial charge on any atom is 0.131 e. The van der Waals surface area contributed by atoms with Gasteiger partial charge in [0.1, 0.15) is 11.6 Å². The number of ether oxygens (including phenoxy) is 1. The topological polar surface area (TPSA) is 41.7 Å². The SMILES string of the molecule is COc1ccc(CN2CCN(CCCCN)CC2)c(F)c1. The van der Waals surface area contributed by atoms with Crippen molar-refractivity contribution in [2.24, 2.45) is 5.73 Å². The Bertz CT molecular complexity index is 434. The summed E-state index contributed by atoms with van der Waals surface area (Å²) in [6.45, 7) is 6.68. The predicted molar refractivity (Wildman–Crippen MR) is 83.0 cm³/mol. The molecule has 1 aliphatic heterocycles. The van der Waals surface area contributed by atoms with Gasteiger partial charge in [-0.1, -0.05) is 6.07 Å². The number of hydrogen-bond acceptors (Lipinski definition) is 4. The van der Waals surface area contributed by atoms with E-state index in [2.05, 4.69) is 9.80 Å². The van der Waals surface area contributed by atoms with Crippen LogP contribution in [0.4, 0.5) is 4.39 Å². The fraction of sp³-hybridized carbons (Fsp3) is 0.625. The Morgan fingerprint density at radius 3 is 2.48 bits per heavy atom. The van der Waals surface area contributed by atoms with Gasteiger partial charge in [-0.25, -0.2) is 4.39 Å². The van der Waals surface area contributed by atoms with Crippen LogP contribution in [0.2, 0.25) is 0 Å². The largest absolute Gasteiger partial charge is 0.497 e. The third-order valence-corrected chi connectivity index (χ3v) is 4.05. The van der Waals surface area contributed by atoms with Gasteiger partial charge in [0.25, 0.3) is 0 Å². The lowest BCUT2D eigenvalue weighted by Crippen LogP contribution is -2.46. The smallest absolute Gasteiger partial charge is 0.131 e. The number of hydrogen-bond donors (Lipinski definition) is 1. The van der Waals surface area contributed by atoms with Crippen LogP contribution >= 0.6 is 0 Å². The van der Waals surface area contributed by atoms with E-state index in [1.54, 1.807) is 7.11 Å². The zero-order chi connectivity index (χ0) is 15.1. The van der Waals surface area contributed by atoms with Crippen molar-refractivity contribution in [1.29, 1.82) is 0 Å². The van der Waals surface area contributed by atoms with Crippen LogP contribution in [0.15, 0.2) is 18.2 Å². The summed E-state index contributed by atoms with van der Waals surface area (Å²) in [7, 11) is 1.55. The minimum atomic E-state index is -0.181. The number of nitrogens with two attached hydrogens (primary N) is 1. The first-order valence-electron chi connectivity index (χ1n) is 7.70. The van der Waals surface area contributed by atoms with Crippen LogP contribution in [0.5, 0.6) is 5.75 Å². The van der Waals surface area contributed by atoms with Gasteiger partial charge in [-0.05, 0) is 32.0 Å². The van der Waals surface area contributed by atoms with Crippen LogP contribution < -0.4 is 10.5 Å². The van der Waals surface area contributed by atoms with E-state index in [0.717, 1.165) is 51.3 Å². The molecule has 0 bridgehead atoms. The number of piperazine rings is 1. The zero-order valence-corrected chi connectivity index (χ0v) is 12.9. The van der Waals surface area contributed by atoms with Crippen molar-refractivity contribution in [3.63, 3.8) is 0 Å². The summed E-state index contributed by atoms with van der Waals surface area (Å²) in [5, 5.41) is 0. The molecule has 1 aliphatic rings. The van der Waals surface area contributed by atoms with Crippen LogP contribution in [-0.4, -0.2) is 56.2 Å². The van der Waals surface area contributed by atoms with Crippen LogP contribution in [0.25, 0.3) is 0 Å². The molecule has 1 saturated heterocycles. The molecule has 0 spiro atoms. The Morgan fingerprint density at radius 1 is 1.14 bits per heavy atom. The average molecular weight is 295 g/mol. The molecule has 0 aliphatic carbocycles. The minimum Gasteiger partial charge on any atom is -0.497 e. The third kappa shape index (κ3) is 4.95. The lowest BCUT2D eigenvalue weighted by Gasteiger charge is -2.34. The van der Waals surface area contributed by atoms with Crippen molar-refractivity contribution < 1.29 is 9.13 Å². The van der Waals surface area contributed by atoms with Crippen molar-refractivity contribution in [2.75, 3.05) is 46.4 Å². The number of unbranched alkanes of at least 4 members (excludes halogenated alkanes) is 1. The summed E-state index contributed by atoms with van der Waals surface area (Å²) in [4.78, 5) is 4.78. The number of benzene rings is 1. The van der Waals surface area contributed by atoms with E-state index >= 15 is 0 Å². The Labute approximate surface area is 126 Å². The third-order valence-electron chi connectivity index (χ3n) is 4.05. The molecule has 0 atom stereocenters. The first kappa shape index (κ1) is 16.2. The average Bonchev–Trinajstić information content (AvgIpc) is 2.51. The van der Waals surface area contributed by atoms with E-state index in [1.165, 1.54) is 12.5 Å². The monoisotopic (exact) mass is 295 g/mol. The van der Waals surface area contributed by atoms with E-state index in [9.17, 15) is 4.39 Å². The first-order valence-corrected chi connectivity index (χ1v) is 7.70. The molecule has 2 N–H and O–H groups in total. The van der Waals surface area contributed by atoms with E-state index < -0.39 is 0 Å². The van der Waals surface area contributed by atoms with Crippen molar-refractivity contribution in [3.8, 4) is 5.75 Å². The number of rotatable bonds is 7. The molecule has 0 aromatic heterocycles. The van der Waals surface area contributed by atoms with Gasteiger partial charge in [-0.3, -0.25) is 4.90 Å². The molecule has 1 fully saturated rings. The molecule has 0 saturated carbocycles. The highest BCUT2D eigenvalue weighted by molar-refractivity contribution is 5.28. The molecule has 1 heterocycles. The van der Waals surface area contributed by atoms with Gasteiger partial charge >= 0.3 is 0 Å². The quantitative estimate of drug-likeness (QED) is 0.777. The Kier molecular flexibility index (Phi) is 6.42. The summed E-state index contributed by atoms with van der Waals surface area (Å²) >= 11 is 0. The standard InChI is InChI=1S/C16H26FN3O/c1-21-15-5-4-14(16(17)12-15)13-20-10-8-19(9-11-20)7-3-2-6-18/h4-5,12H,2-3,6-11,13,18H2,1H3. The van der Waals surface area contributed by atoms with Crippen LogP contribution in [0.3, 0.4) is 0 Å². The predicted octanol–water partition coefficient (Wildman–Crippen LogP) is 1.69. The van der Waals surface area contributed by atoms with Crippen molar-refractivity contribution >= 4 is 0 Å². The Morgan fingerprint density at radius 2 is 1.86 bits per heavy atom. The second-order valence-corrected chi connectivity index (χ2v) is 5.57. The Balaban J connectivity index is 1.78. The highest BCUT2D eigenvalue weighted by Gasteiger charge is 2.17. The molecule has 0 unspecified atom stereocenters. The summed E-state index contributed by atoms with van der Waals surface area (Å²) in [6.07, 6.45) is 2.26. The van der Waals surface area contributed by atoms with Gasteiger partial charge in [0, 0.05) is 44.4 Å². The molecule has 2 rings (SSSR count). The van der Waals surface area contributed by atoms with Gasteiger partial charge < -0.3 is 15.4 Å². The number of halogens is 1. The molecule has 21 heavy (non-hydrogen) atoms. The van der Waals surface area contributed by atoms with Crippen molar-refractivity contribution in [1.82, 2.24) is 9.80 Å². The maximum atomic E-state index is 13.9. The molecular weight excluding hydrogens is 269 g/mol. The number of methoxy groups -OCH3 is 1. The van der Waals surface area contributed by atoms with E-state index in [-0.39, 0.29) is 5.82 Å². The second-order valence-electron chi connectivity index (χ2n) is 5.57. The van der Waals surface area contributed by atoms with Gasteiger partial charge in [0.2, 0.25) is 0 Å². The molecular formula is C16H26FN3O.